The molecule has 1 aromatic carbocycles. The lowest BCUT2D eigenvalue weighted by Crippen LogP contribution is -2.26. The average Bonchev–Trinajstić information content (AvgIpc) is 3.30. The van der Waals surface area contributed by atoms with E-state index in [9.17, 15) is 4.79 Å². The summed E-state index contributed by atoms with van der Waals surface area (Å²) in [6, 6.07) is 13.6. The summed E-state index contributed by atoms with van der Waals surface area (Å²) in [5.41, 5.74) is 0.890. The summed E-state index contributed by atoms with van der Waals surface area (Å²) in [7, 11) is 0. The number of hydrogen-bond acceptors (Lipinski definition) is 5. The second-order valence-corrected chi connectivity index (χ2v) is 6.81. The Kier molecular flexibility index (Phi) is 6.44. The molecule has 0 unspecified atom stereocenters. The van der Waals surface area contributed by atoms with E-state index in [0.717, 1.165) is 22.1 Å². The molecule has 2 aromatic heterocycles. The molecule has 3 aromatic rings. The molecule has 3 rings (SSSR count). The number of hydrogen-bond donors (Lipinski definition) is 1. The van der Waals surface area contributed by atoms with Crippen LogP contribution in [0.4, 0.5) is 0 Å². The largest absolute Gasteiger partial charge is 0.494 e. The third kappa shape index (κ3) is 5.20. The Morgan fingerprint density at radius 1 is 1.23 bits per heavy atom. The first kappa shape index (κ1) is 18.2. The van der Waals surface area contributed by atoms with E-state index in [-0.39, 0.29) is 5.91 Å². The van der Waals surface area contributed by atoms with Gasteiger partial charge in [0.25, 0.3) is 0 Å². The van der Waals surface area contributed by atoms with Crippen LogP contribution < -0.4 is 10.1 Å². The van der Waals surface area contributed by atoms with Crippen molar-refractivity contribution in [3.8, 4) is 16.5 Å². The molecule has 0 aliphatic carbocycles. The molecule has 26 heavy (non-hydrogen) atoms. The minimum atomic E-state index is 0.0290. The first-order valence-corrected chi connectivity index (χ1v) is 9.55. The van der Waals surface area contributed by atoms with Gasteiger partial charge in [-0.3, -0.25) is 4.79 Å². The number of aromatic nitrogens is 1. The third-order valence-electron chi connectivity index (χ3n) is 3.87. The van der Waals surface area contributed by atoms with Gasteiger partial charge in [0.05, 0.1) is 17.2 Å². The van der Waals surface area contributed by atoms with Gasteiger partial charge in [-0.2, -0.15) is 0 Å². The van der Waals surface area contributed by atoms with E-state index in [0.29, 0.717) is 38.3 Å². The molecule has 0 fully saturated rings. The summed E-state index contributed by atoms with van der Waals surface area (Å²) in [5, 5.41) is 4.92. The van der Waals surface area contributed by atoms with Crippen LogP contribution in [0.2, 0.25) is 0 Å². The highest BCUT2D eigenvalue weighted by Gasteiger charge is 2.12. The van der Waals surface area contributed by atoms with E-state index in [4.69, 9.17) is 9.15 Å². The number of carbonyl (C=O) groups is 1. The molecular formula is C20H22N2O3S. The van der Waals surface area contributed by atoms with Crippen LogP contribution in [0.1, 0.15) is 24.3 Å². The lowest BCUT2D eigenvalue weighted by atomic mass is 10.2. The van der Waals surface area contributed by atoms with Gasteiger partial charge in [-0.25, -0.2) is 4.98 Å². The van der Waals surface area contributed by atoms with Gasteiger partial charge in [-0.05, 0) is 36.9 Å². The zero-order valence-electron chi connectivity index (χ0n) is 14.7. The molecule has 0 aliphatic heterocycles. The van der Waals surface area contributed by atoms with E-state index in [1.165, 1.54) is 0 Å². The van der Waals surface area contributed by atoms with Crippen LogP contribution in [0.25, 0.3) is 10.8 Å². The fraction of sp³-hybridized carbons (Fsp3) is 0.300. The molecule has 136 valence electrons. The molecule has 0 saturated carbocycles. The van der Waals surface area contributed by atoms with Crippen LogP contribution in [0, 0.1) is 6.92 Å². The van der Waals surface area contributed by atoms with E-state index < -0.39 is 0 Å². The molecule has 0 atom stereocenters. The fourth-order valence-electron chi connectivity index (χ4n) is 2.51. The maximum atomic E-state index is 11.9. The molecule has 5 nitrogen and oxygen atoms in total. The highest BCUT2D eigenvalue weighted by Crippen LogP contribution is 2.25. The zero-order valence-corrected chi connectivity index (χ0v) is 15.6. The summed E-state index contributed by atoms with van der Waals surface area (Å²) in [4.78, 5) is 17.5. The second kappa shape index (κ2) is 9.20. The number of nitrogens with zero attached hydrogens (tertiary/aromatic N) is 1. The van der Waals surface area contributed by atoms with Crippen LogP contribution in [-0.4, -0.2) is 24.0 Å². The van der Waals surface area contributed by atoms with Gasteiger partial charge in [0, 0.05) is 19.4 Å². The molecule has 0 spiro atoms. The quantitative estimate of drug-likeness (QED) is 0.573. The second-order valence-electron chi connectivity index (χ2n) is 5.86. The Hall–Kier alpha value is -2.60. The minimum absolute atomic E-state index is 0.0290. The first-order valence-electron chi connectivity index (χ1n) is 8.67. The predicted octanol–water partition coefficient (Wildman–Crippen LogP) is 4.23. The standard InChI is InChI=1S/C20H22N2O3S/c1-15-17(22-20(25-15)18-9-6-14-26-18)11-12-21-19(23)10-5-13-24-16-7-3-2-4-8-16/h2-4,6-9,14H,5,10-13H2,1H3,(H,21,23). The normalized spacial score (nSPS) is 10.7. The SMILES string of the molecule is Cc1oc(-c2cccs2)nc1CCNC(=O)CCCOc1ccccc1. The zero-order chi connectivity index (χ0) is 18.2. The number of ether oxygens (including phenoxy) is 1. The number of carbonyl (C=O) groups excluding carboxylic acids is 1. The van der Waals surface area contributed by atoms with Gasteiger partial charge < -0.3 is 14.5 Å². The topological polar surface area (TPSA) is 64.4 Å². The number of thiophene rings is 1. The van der Waals surface area contributed by atoms with Gasteiger partial charge in [0.2, 0.25) is 11.8 Å². The summed E-state index contributed by atoms with van der Waals surface area (Å²) in [6.07, 6.45) is 1.80. The summed E-state index contributed by atoms with van der Waals surface area (Å²) < 4.78 is 11.3. The molecule has 1 N–H and O–H groups in total. The maximum absolute atomic E-state index is 11.9. The first-order chi connectivity index (χ1) is 12.7. The summed E-state index contributed by atoms with van der Waals surface area (Å²) in [6.45, 7) is 2.99. The number of amides is 1. The Morgan fingerprint density at radius 2 is 2.08 bits per heavy atom. The van der Waals surface area contributed by atoms with Crippen molar-refractivity contribution in [3.63, 3.8) is 0 Å². The Labute approximate surface area is 157 Å². The van der Waals surface area contributed by atoms with Gasteiger partial charge in [0.15, 0.2) is 0 Å². The monoisotopic (exact) mass is 370 g/mol. The number of aryl methyl sites for hydroxylation is 1. The lowest BCUT2D eigenvalue weighted by Gasteiger charge is -2.06. The molecule has 0 saturated heterocycles. The van der Waals surface area contributed by atoms with E-state index in [2.05, 4.69) is 10.3 Å². The molecule has 0 aliphatic rings. The number of nitrogens with one attached hydrogen (secondary N) is 1. The maximum Gasteiger partial charge on any atom is 0.236 e. The molecule has 1 amide bonds. The van der Waals surface area contributed by atoms with Crippen LogP contribution >= 0.6 is 11.3 Å². The van der Waals surface area contributed by atoms with Crippen LogP contribution in [0.3, 0.4) is 0 Å². The Bertz CT molecular complexity index is 813. The van der Waals surface area contributed by atoms with Gasteiger partial charge in [0.1, 0.15) is 11.5 Å². The average molecular weight is 370 g/mol. The number of rotatable bonds is 9. The summed E-state index contributed by atoms with van der Waals surface area (Å²) >= 11 is 1.60. The predicted molar refractivity (Wildman–Crippen MR) is 102 cm³/mol. The molecular weight excluding hydrogens is 348 g/mol. The van der Waals surface area contributed by atoms with E-state index in [1.54, 1.807) is 11.3 Å². The molecule has 0 radical (unpaired) electrons. The van der Waals surface area contributed by atoms with E-state index in [1.807, 2.05) is 54.8 Å². The van der Waals surface area contributed by atoms with Crippen molar-refractivity contribution in [2.24, 2.45) is 0 Å². The van der Waals surface area contributed by atoms with Crippen molar-refractivity contribution in [1.29, 1.82) is 0 Å². The summed E-state index contributed by atoms with van der Waals surface area (Å²) in [5.74, 6) is 2.31. The minimum Gasteiger partial charge on any atom is -0.494 e. The highest BCUT2D eigenvalue weighted by molar-refractivity contribution is 7.13. The van der Waals surface area contributed by atoms with Gasteiger partial charge >= 0.3 is 0 Å². The van der Waals surface area contributed by atoms with Crippen LogP contribution in [0.15, 0.2) is 52.3 Å². The van der Waals surface area contributed by atoms with Crippen molar-refractivity contribution in [1.82, 2.24) is 10.3 Å². The van der Waals surface area contributed by atoms with E-state index >= 15 is 0 Å². The van der Waals surface area contributed by atoms with Crippen molar-refractivity contribution in [2.75, 3.05) is 13.2 Å². The fourth-order valence-corrected chi connectivity index (χ4v) is 3.16. The number of benzene rings is 1. The third-order valence-corrected chi connectivity index (χ3v) is 4.73. The highest BCUT2D eigenvalue weighted by atomic mass is 32.1. The van der Waals surface area contributed by atoms with Crippen molar-refractivity contribution >= 4 is 17.2 Å². The molecule has 6 heteroatoms. The van der Waals surface area contributed by atoms with Crippen molar-refractivity contribution in [3.05, 3.63) is 59.3 Å². The number of para-hydroxylation sites is 1. The lowest BCUT2D eigenvalue weighted by molar-refractivity contribution is -0.121. The molecule has 2 heterocycles. The Balaban J connectivity index is 1.35. The van der Waals surface area contributed by atoms with Gasteiger partial charge in [-0.15, -0.1) is 11.3 Å². The molecule has 0 bridgehead atoms. The van der Waals surface area contributed by atoms with Crippen molar-refractivity contribution in [2.45, 2.75) is 26.2 Å². The van der Waals surface area contributed by atoms with Crippen molar-refractivity contribution < 1.29 is 13.9 Å². The Morgan fingerprint density at radius 3 is 2.85 bits per heavy atom. The van der Waals surface area contributed by atoms with Crippen LogP contribution in [-0.2, 0) is 11.2 Å². The smallest absolute Gasteiger partial charge is 0.236 e. The van der Waals surface area contributed by atoms with Crippen LogP contribution in [0.5, 0.6) is 5.75 Å². The van der Waals surface area contributed by atoms with Gasteiger partial charge in [-0.1, -0.05) is 24.3 Å². The number of oxazole rings is 1.